The summed E-state index contributed by atoms with van der Waals surface area (Å²) in [6.45, 7) is 2.98. The number of hydrogen-bond acceptors (Lipinski definition) is 1. The second-order valence-corrected chi connectivity index (χ2v) is 6.65. The van der Waals surface area contributed by atoms with Crippen LogP contribution in [0.4, 0.5) is 4.39 Å². The highest BCUT2D eigenvalue weighted by atomic mass is 79.9. The molecule has 0 atom stereocenters. The van der Waals surface area contributed by atoms with Crippen molar-refractivity contribution in [1.29, 1.82) is 0 Å². The Labute approximate surface area is 128 Å². The molecule has 0 radical (unpaired) electrons. The number of halogens is 2. The lowest BCUT2D eigenvalue weighted by atomic mass is 9.81. The summed E-state index contributed by atoms with van der Waals surface area (Å²) in [5, 5.41) is 2.88. The van der Waals surface area contributed by atoms with E-state index in [9.17, 15) is 9.18 Å². The van der Waals surface area contributed by atoms with E-state index in [4.69, 9.17) is 0 Å². The Morgan fingerprint density at radius 2 is 2.05 bits per heavy atom. The van der Waals surface area contributed by atoms with Crippen molar-refractivity contribution in [3.8, 4) is 0 Å². The number of hydrogen-bond donors (Lipinski definition) is 1. The molecular weight excluding hydrogens is 321 g/mol. The van der Waals surface area contributed by atoms with Crippen LogP contribution in [0.2, 0.25) is 0 Å². The highest BCUT2D eigenvalue weighted by Gasteiger charge is 2.18. The van der Waals surface area contributed by atoms with Crippen LogP contribution in [0.1, 0.15) is 49.4 Å². The maximum Gasteiger partial charge on any atom is 0.251 e. The van der Waals surface area contributed by atoms with E-state index >= 15 is 0 Å². The molecule has 1 amide bonds. The molecule has 1 saturated carbocycles. The Hall–Kier alpha value is -0.900. The molecule has 0 bridgehead atoms. The van der Waals surface area contributed by atoms with Crippen molar-refractivity contribution in [3.63, 3.8) is 0 Å². The van der Waals surface area contributed by atoms with Gasteiger partial charge in [-0.1, -0.05) is 32.6 Å². The zero-order valence-electron chi connectivity index (χ0n) is 11.8. The number of carbonyl (C=O) groups excluding carboxylic acids is 1. The minimum absolute atomic E-state index is 0.194. The van der Waals surface area contributed by atoms with Gasteiger partial charge in [-0.05, 0) is 52.4 Å². The Morgan fingerprint density at radius 1 is 1.35 bits per heavy atom. The fourth-order valence-electron chi connectivity index (χ4n) is 2.75. The Bertz CT molecular complexity index is 470. The van der Waals surface area contributed by atoms with Gasteiger partial charge in [0.05, 0.1) is 4.47 Å². The molecule has 0 aromatic heterocycles. The molecule has 1 aliphatic carbocycles. The van der Waals surface area contributed by atoms with Crippen LogP contribution < -0.4 is 5.32 Å². The highest BCUT2D eigenvalue weighted by molar-refractivity contribution is 9.10. The maximum absolute atomic E-state index is 13.4. The predicted molar refractivity (Wildman–Crippen MR) is 82.2 cm³/mol. The lowest BCUT2D eigenvalue weighted by Gasteiger charge is -2.26. The van der Waals surface area contributed by atoms with Crippen molar-refractivity contribution in [3.05, 3.63) is 34.1 Å². The van der Waals surface area contributed by atoms with Crippen molar-refractivity contribution in [2.24, 2.45) is 11.8 Å². The summed E-state index contributed by atoms with van der Waals surface area (Å²) >= 11 is 3.08. The number of nitrogens with one attached hydrogen (secondary N) is 1. The monoisotopic (exact) mass is 341 g/mol. The van der Waals surface area contributed by atoms with Crippen LogP contribution in [-0.4, -0.2) is 12.5 Å². The average molecular weight is 342 g/mol. The third-order valence-corrected chi connectivity index (χ3v) is 4.80. The first-order valence-corrected chi connectivity index (χ1v) is 8.09. The molecule has 0 spiro atoms. The molecular formula is C16H21BrFNO. The fraction of sp³-hybridized carbons (Fsp3) is 0.562. The third kappa shape index (κ3) is 4.30. The SMILES string of the molecule is CC1CCC(CCNC(=O)c2ccc(Br)c(F)c2)CC1. The van der Waals surface area contributed by atoms with E-state index < -0.39 is 5.82 Å². The van der Waals surface area contributed by atoms with E-state index in [1.807, 2.05) is 0 Å². The first kappa shape index (κ1) is 15.5. The quantitative estimate of drug-likeness (QED) is 0.856. The summed E-state index contributed by atoms with van der Waals surface area (Å²) in [5.41, 5.74) is 0.378. The summed E-state index contributed by atoms with van der Waals surface area (Å²) in [6.07, 6.45) is 6.17. The van der Waals surface area contributed by atoms with E-state index in [0.717, 1.165) is 18.3 Å². The molecule has 4 heteroatoms. The number of benzene rings is 1. The summed E-state index contributed by atoms with van der Waals surface area (Å²) in [4.78, 5) is 11.9. The molecule has 1 aromatic carbocycles. The average Bonchev–Trinajstić information content (AvgIpc) is 2.44. The molecule has 0 heterocycles. The van der Waals surface area contributed by atoms with Gasteiger partial charge in [-0.15, -0.1) is 0 Å². The van der Waals surface area contributed by atoms with Gasteiger partial charge in [-0.25, -0.2) is 4.39 Å². The number of rotatable bonds is 4. The van der Waals surface area contributed by atoms with Gasteiger partial charge in [0.15, 0.2) is 0 Å². The summed E-state index contributed by atoms with van der Waals surface area (Å²) in [6, 6.07) is 4.46. The van der Waals surface area contributed by atoms with Crippen LogP contribution in [0.5, 0.6) is 0 Å². The smallest absolute Gasteiger partial charge is 0.251 e. The molecule has 0 saturated heterocycles. The summed E-state index contributed by atoms with van der Waals surface area (Å²) in [5.74, 6) is 0.985. The standard InChI is InChI=1S/C16H21BrFNO/c1-11-2-4-12(5-3-11)8-9-19-16(20)13-6-7-14(17)15(18)10-13/h6-7,10-12H,2-5,8-9H2,1H3,(H,19,20). The zero-order chi connectivity index (χ0) is 14.5. The molecule has 2 nitrogen and oxygen atoms in total. The molecule has 1 aromatic rings. The molecule has 2 rings (SSSR count). The fourth-order valence-corrected chi connectivity index (χ4v) is 2.99. The number of amides is 1. The lowest BCUT2D eigenvalue weighted by Crippen LogP contribution is -2.27. The molecule has 1 N–H and O–H groups in total. The molecule has 0 unspecified atom stereocenters. The van der Waals surface area contributed by atoms with Crippen LogP contribution in [0.15, 0.2) is 22.7 Å². The van der Waals surface area contributed by atoms with Gasteiger partial charge in [0, 0.05) is 12.1 Å². The van der Waals surface area contributed by atoms with Crippen molar-refractivity contribution in [2.45, 2.75) is 39.0 Å². The minimum Gasteiger partial charge on any atom is -0.352 e. The number of carbonyl (C=O) groups is 1. The van der Waals surface area contributed by atoms with Gasteiger partial charge < -0.3 is 5.32 Å². The summed E-state index contributed by atoms with van der Waals surface area (Å²) in [7, 11) is 0. The van der Waals surface area contributed by atoms with Crippen LogP contribution in [0, 0.1) is 17.7 Å². The Balaban J connectivity index is 1.76. The van der Waals surface area contributed by atoms with Crippen molar-refractivity contribution < 1.29 is 9.18 Å². The van der Waals surface area contributed by atoms with Gasteiger partial charge in [0.25, 0.3) is 5.91 Å². The molecule has 110 valence electrons. The first-order chi connectivity index (χ1) is 9.56. The lowest BCUT2D eigenvalue weighted by molar-refractivity contribution is 0.0949. The second-order valence-electron chi connectivity index (χ2n) is 5.80. The zero-order valence-corrected chi connectivity index (χ0v) is 13.4. The topological polar surface area (TPSA) is 29.1 Å². The third-order valence-electron chi connectivity index (χ3n) is 4.16. The van der Waals surface area contributed by atoms with Gasteiger partial charge in [0.2, 0.25) is 0 Å². The van der Waals surface area contributed by atoms with Gasteiger partial charge in [-0.2, -0.15) is 0 Å². The van der Waals surface area contributed by atoms with Gasteiger partial charge >= 0.3 is 0 Å². The second kappa shape index (κ2) is 7.21. The largest absolute Gasteiger partial charge is 0.352 e. The Morgan fingerprint density at radius 3 is 2.70 bits per heavy atom. The molecule has 0 aliphatic heterocycles. The maximum atomic E-state index is 13.4. The normalized spacial score (nSPS) is 22.6. The van der Waals surface area contributed by atoms with E-state index in [0.29, 0.717) is 16.6 Å². The van der Waals surface area contributed by atoms with Crippen LogP contribution >= 0.6 is 15.9 Å². The van der Waals surface area contributed by atoms with E-state index in [2.05, 4.69) is 28.2 Å². The Kier molecular flexibility index (Phi) is 5.58. The molecule has 1 fully saturated rings. The van der Waals surface area contributed by atoms with Crippen LogP contribution in [-0.2, 0) is 0 Å². The van der Waals surface area contributed by atoms with E-state index in [-0.39, 0.29) is 5.91 Å². The van der Waals surface area contributed by atoms with Gasteiger partial charge in [-0.3, -0.25) is 4.79 Å². The van der Waals surface area contributed by atoms with Crippen molar-refractivity contribution in [2.75, 3.05) is 6.54 Å². The summed E-state index contributed by atoms with van der Waals surface area (Å²) < 4.78 is 13.7. The van der Waals surface area contributed by atoms with E-state index in [1.54, 1.807) is 12.1 Å². The highest BCUT2D eigenvalue weighted by Crippen LogP contribution is 2.29. The predicted octanol–water partition coefficient (Wildman–Crippen LogP) is 4.53. The van der Waals surface area contributed by atoms with Crippen molar-refractivity contribution in [1.82, 2.24) is 5.32 Å². The van der Waals surface area contributed by atoms with E-state index in [1.165, 1.54) is 31.7 Å². The van der Waals surface area contributed by atoms with Crippen molar-refractivity contribution >= 4 is 21.8 Å². The van der Waals surface area contributed by atoms with Gasteiger partial charge in [0.1, 0.15) is 5.82 Å². The van der Waals surface area contributed by atoms with Crippen LogP contribution in [0.25, 0.3) is 0 Å². The molecule has 20 heavy (non-hydrogen) atoms. The minimum atomic E-state index is -0.404. The first-order valence-electron chi connectivity index (χ1n) is 7.29. The molecule has 1 aliphatic rings. The van der Waals surface area contributed by atoms with Crippen LogP contribution in [0.3, 0.4) is 0 Å².